The summed E-state index contributed by atoms with van der Waals surface area (Å²) in [5.74, 6) is 0.218. The first-order valence-corrected chi connectivity index (χ1v) is 6.37. The van der Waals surface area contributed by atoms with Crippen LogP contribution in [0.2, 0.25) is 0 Å². The van der Waals surface area contributed by atoms with Crippen molar-refractivity contribution in [2.75, 3.05) is 25.4 Å². The van der Waals surface area contributed by atoms with Gasteiger partial charge in [-0.3, -0.25) is 4.79 Å². The van der Waals surface area contributed by atoms with Gasteiger partial charge in [-0.15, -0.1) is 0 Å². The molecule has 0 aliphatic carbocycles. The molecule has 3 heteroatoms. The van der Waals surface area contributed by atoms with Crippen LogP contribution in [0.5, 0.6) is 0 Å². The molecule has 1 fully saturated rings. The summed E-state index contributed by atoms with van der Waals surface area (Å²) in [6, 6.07) is 7.20. The second-order valence-electron chi connectivity index (χ2n) is 4.70. The van der Waals surface area contributed by atoms with Crippen molar-refractivity contribution in [1.82, 2.24) is 4.90 Å². The lowest BCUT2D eigenvalue weighted by molar-refractivity contribution is 0.0958. The summed E-state index contributed by atoms with van der Waals surface area (Å²) in [5.41, 5.74) is 7.08. The zero-order chi connectivity index (χ0) is 12.1. The molecule has 92 valence electrons. The summed E-state index contributed by atoms with van der Waals surface area (Å²) in [7, 11) is 0. The van der Waals surface area contributed by atoms with Crippen LogP contribution in [0.3, 0.4) is 0 Å². The average molecular weight is 232 g/mol. The van der Waals surface area contributed by atoms with Gasteiger partial charge in [-0.25, -0.2) is 0 Å². The van der Waals surface area contributed by atoms with E-state index < -0.39 is 0 Å². The lowest BCUT2D eigenvalue weighted by Crippen LogP contribution is -2.31. The van der Waals surface area contributed by atoms with Gasteiger partial charge in [0.25, 0.3) is 0 Å². The third-order valence-corrected chi connectivity index (χ3v) is 3.34. The maximum absolute atomic E-state index is 11.9. The maximum Gasteiger partial charge on any atom is 0.164 e. The topological polar surface area (TPSA) is 46.3 Å². The van der Waals surface area contributed by atoms with Crippen LogP contribution < -0.4 is 5.73 Å². The van der Waals surface area contributed by atoms with Crippen LogP contribution in [0.4, 0.5) is 5.69 Å². The monoisotopic (exact) mass is 232 g/mol. The molecule has 1 aromatic carbocycles. The molecule has 0 atom stereocenters. The highest BCUT2D eigenvalue weighted by Gasteiger charge is 2.12. The van der Waals surface area contributed by atoms with E-state index in [9.17, 15) is 4.79 Å². The molecule has 0 unspecified atom stereocenters. The number of hydrogen-bond acceptors (Lipinski definition) is 3. The Morgan fingerprint density at radius 2 is 1.76 bits per heavy atom. The largest absolute Gasteiger partial charge is 0.399 e. The number of piperidine rings is 1. The first kappa shape index (κ1) is 12.1. The number of nitrogens with zero attached hydrogens (tertiary/aromatic N) is 1. The van der Waals surface area contributed by atoms with E-state index in [1.165, 1.54) is 19.3 Å². The van der Waals surface area contributed by atoms with Gasteiger partial charge in [0.2, 0.25) is 0 Å². The standard InChI is InChI=1S/C14H20N2O/c15-13-6-4-12(5-7-13)14(17)8-11-16-9-2-1-3-10-16/h4-7H,1-3,8-11,15H2. The molecule has 1 saturated heterocycles. The summed E-state index contributed by atoms with van der Waals surface area (Å²) < 4.78 is 0. The van der Waals surface area contributed by atoms with Crippen LogP contribution in [0.25, 0.3) is 0 Å². The molecule has 0 aromatic heterocycles. The van der Waals surface area contributed by atoms with Gasteiger partial charge in [-0.1, -0.05) is 6.42 Å². The summed E-state index contributed by atoms with van der Waals surface area (Å²) in [6.07, 6.45) is 4.50. The van der Waals surface area contributed by atoms with Crippen molar-refractivity contribution in [2.45, 2.75) is 25.7 Å². The number of carbonyl (C=O) groups is 1. The number of ketones is 1. The molecule has 1 heterocycles. The number of anilines is 1. The van der Waals surface area contributed by atoms with E-state index in [4.69, 9.17) is 5.73 Å². The van der Waals surface area contributed by atoms with Crippen molar-refractivity contribution in [1.29, 1.82) is 0 Å². The van der Waals surface area contributed by atoms with Gasteiger partial charge >= 0.3 is 0 Å². The van der Waals surface area contributed by atoms with Crippen molar-refractivity contribution < 1.29 is 4.79 Å². The Bertz CT molecular complexity index is 366. The fourth-order valence-electron chi connectivity index (χ4n) is 2.26. The average Bonchev–Trinajstić information content (AvgIpc) is 2.38. The first-order valence-electron chi connectivity index (χ1n) is 6.37. The minimum Gasteiger partial charge on any atom is -0.399 e. The maximum atomic E-state index is 11.9. The van der Waals surface area contributed by atoms with E-state index in [0.717, 1.165) is 25.2 Å². The van der Waals surface area contributed by atoms with E-state index in [0.29, 0.717) is 12.1 Å². The quantitative estimate of drug-likeness (QED) is 0.640. The number of benzene rings is 1. The van der Waals surface area contributed by atoms with Crippen LogP contribution in [-0.4, -0.2) is 30.3 Å². The second kappa shape index (κ2) is 5.82. The minimum absolute atomic E-state index is 0.218. The van der Waals surface area contributed by atoms with Gasteiger partial charge in [0.05, 0.1) is 0 Å². The first-order chi connectivity index (χ1) is 8.25. The van der Waals surface area contributed by atoms with E-state index >= 15 is 0 Å². The molecule has 2 N–H and O–H groups in total. The molecule has 0 spiro atoms. The number of Topliss-reactive ketones (excluding diaryl/α,β-unsaturated/α-hetero) is 1. The van der Waals surface area contributed by atoms with Gasteiger partial charge in [0, 0.05) is 24.2 Å². The summed E-state index contributed by atoms with van der Waals surface area (Å²) in [6.45, 7) is 3.19. The Kier molecular flexibility index (Phi) is 4.15. The van der Waals surface area contributed by atoms with E-state index in [2.05, 4.69) is 4.90 Å². The van der Waals surface area contributed by atoms with Gasteiger partial charge in [0.1, 0.15) is 0 Å². The van der Waals surface area contributed by atoms with Crippen LogP contribution in [0, 0.1) is 0 Å². The number of likely N-dealkylation sites (tertiary alicyclic amines) is 1. The van der Waals surface area contributed by atoms with Crippen molar-refractivity contribution >= 4 is 11.5 Å². The molecule has 1 aromatic rings. The Morgan fingerprint density at radius 1 is 1.12 bits per heavy atom. The fourth-order valence-corrected chi connectivity index (χ4v) is 2.26. The van der Waals surface area contributed by atoms with E-state index in [1.54, 1.807) is 12.1 Å². The predicted molar refractivity (Wildman–Crippen MR) is 70.1 cm³/mol. The van der Waals surface area contributed by atoms with Crippen LogP contribution >= 0.6 is 0 Å². The highest BCUT2D eigenvalue weighted by molar-refractivity contribution is 5.96. The predicted octanol–water partition coefficient (Wildman–Crippen LogP) is 2.33. The van der Waals surface area contributed by atoms with Gasteiger partial charge < -0.3 is 10.6 Å². The van der Waals surface area contributed by atoms with E-state index in [-0.39, 0.29) is 5.78 Å². The Morgan fingerprint density at radius 3 is 2.41 bits per heavy atom. The molecular formula is C14H20N2O. The number of hydrogen-bond donors (Lipinski definition) is 1. The zero-order valence-electron chi connectivity index (χ0n) is 10.2. The van der Waals surface area contributed by atoms with Gasteiger partial charge in [-0.2, -0.15) is 0 Å². The van der Waals surface area contributed by atoms with E-state index in [1.807, 2.05) is 12.1 Å². The highest BCUT2D eigenvalue weighted by atomic mass is 16.1. The van der Waals surface area contributed by atoms with Crippen LogP contribution in [0.15, 0.2) is 24.3 Å². The third-order valence-electron chi connectivity index (χ3n) is 3.34. The lowest BCUT2D eigenvalue weighted by Gasteiger charge is -2.25. The molecule has 17 heavy (non-hydrogen) atoms. The number of carbonyl (C=O) groups excluding carboxylic acids is 1. The SMILES string of the molecule is Nc1ccc(C(=O)CCN2CCCCC2)cc1. The molecule has 3 nitrogen and oxygen atoms in total. The highest BCUT2D eigenvalue weighted by Crippen LogP contribution is 2.11. The summed E-state index contributed by atoms with van der Waals surface area (Å²) in [4.78, 5) is 14.3. The van der Waals surface area contributed by atoms with Crippen molar-refractivity contribution in [3.8, 4) is 0 Å². The van der Waals surface area contributed by atoms with Crippen molar-refractivity contribution in [3.63, 3.8) is 0 Å². The van der Waals surface area contributed by atoms with Crippen molar-refractivity contribution in [3.05, 3.63) is 29.8 Å². The van der Waals surface area contributed by atoms with Crippen molar-refractivity contribution in [2.24, 2.45) is 0 Å². The van der Waals surface area contributed by atoms with Gasteiger partial charge in [-0.05, 0) is 50.2 Å². The molecule has 0 radical (unpaired) electrons. The lowest BCUT2D eigenvalue weighted by atomic mass is 10.1. The smallest absolute Gasteiger partial charge is 0.164 e. The summed E-state index contributed by atoms with van der Waals surface area (Å²) in [5, 5.41) is 0. The number of rotatable bonds is 4. The fraction of sp³-hybridized carbons (Fsp3) is 0.500. The number of nitrogen functional groups attached to an aromatic ring is 1. The molecule has 1 aliphatic heterocycles. The molecular weight excluding hydrogens is 212 g/mol. The second-order valence-corrected chi connectivity index (χ2v) is 4.70. The third kappa shape index (κ3) is 3.56. The minimum atomic E-state index is 0.218. The Labute approximate surface area is 103 Å². The molecule has 0 bridgehead atoms. The molecule has 2 rings (SSSR count). The number of nitrogens with two attached hydrogens (primary N) is 1. The molecule has 0 saturated carbocycles. The van der Waals surface area contributed by atoms with Crippen LogP contribution in [0.1, 0.15) is 36.0 Å². The van der Waals surface area contributed by atoms with Crippen LogP contribution in [-0.2, 0) is 0 Å². The Balaban J connectivity index is 1.82. The normalized spacial score (nSPS) is 16.9. The summed E-state index contributed by atoms with van der Waals surface area (Å²) >= 11 is 0. The zero-order valence-corrected chi connectivity index (χ0v) is 10.2. The molecule has 0 amide bonds. The van der Waals surface area contributed by atoms with Gasteiger partial charge in [0.15, 0.2) is 5.78 Å². The Hall–Kier alpha value is -1.35. The molecule has 1 aliphatic rings.